The molecule has 0 aliphatic carbocycles. The minimum atomic E-state index is -1.98. The van der Waals surface area contributed by atoms with Crippen molar-refractivity contribution in [2.75, 3.05) is 26.4 Å². The van der Waals surface area contributed by atoms with E-state index in [2.05, 4.69) is 55.6 Å². The van der Waals surface area contributed by atoms with Crippen molar-refractivity contribution in [1.29, 1.82) is 0 Å². The summed E-state index contributed by atoms with van der Waals surface area (Å²) in [4.78, 5) is 13.4. The number of carbonyl (C=O) groups is 1. The van der Waals surface area contributed by atoms with Crippen molar-refractivity contribution in [2.45, 2.75) is 343 Å². The maximum absolute atomic E-state index is 13.4. The first-order chi connectivity index (χ1) is 41.8. The Hall–Kier alpha value is -2.25. The number of allylic oxidation sites excluding steroid dienone is 7. The molecule has 86 heavy (non-hydrogen) atoms. The van der Waals surface area contributed by atoms with Gasteiger partial charge in [-0.15, -0.1) is 0 Å². The van der Waals surface area contributed by atoms with Gasteiger partial charge in [0, 0.05) is 6.42 Å². The van der Waals surface area contributed by atoms with Crippen molar-refractivity contribution in [3.05, 3.63) is 48.6 Å². The van der Waals surface area contributed by atoms with Crippen LogP contribution in [0.3, 0.4) is 0 Å². The number of hydrogen-bond acceptors (Lipinski definition) is 18. The van der Waals surface area contributed by atoms with Gasteiger partial charge in [-0.3, -0.25) is 4.79 Å². The Bertz CT molecular complexity index is 1750. The highest BCUT2D eigenvalue weighted by molar-refractivity contribution is 5.76. The molecular formula is C67H121NO18. The largest absolute Gasteiger partial charge is 0.394 e. The summed E-state index contributed by atoms with van der Waals surface area (Å²) in [7, 11) is 0. The van der Waals surface area contributed by atoms with Crippen molar-refractivity contribution in [3.63, 3.8) is 0 Å². The molecule has 3 rings (SSSR count). The SMILES string of the molecule is CCCC/C=C/CC/C=C/CC/C=C/C(O)C(COC1OC(CO)C(OC2OC(CO)C(OC3OC(CO)C(O)C(O)C3O)C(O)C2O)C(O)C1O)NC(=O)CCCCCCCCCCCCCCCCCCC/C=C\CCCCCCCCCC. The van der Waals surface area contributed by atoms with Gasteiger partial charge >= 0.3 is 0 Å². The van der Waals surface area contributed by atoms with E-state index in [4.69, 9.17) is 28.4 Å². The van der Waals surface area contributed by atoms with Gasteiger partial charge < -0.3 is 89.9 Å². The van der Waals surface area contributed by atoms with E-state index >= 15 is 0 Å². The average Bonchev–Trinajstić information content (AvgIpc) is 3.36. The number of hydrogen-bond donors (Lipinski definition) is 12. The summed E-state index contributed by atoms with van der Waals surface area (Å²) in [6, 6.07) is -0.995. The minimum absolute atomic E-state index is 0.233. The standard InChI is InChI=1S/C67H121NO18/c1-3-5-7-9-11-13-15-17-18-19-20-21-22-23-24-25-26-27-28-29-30-31-32-33-35-37-39-41-43-45-55(73)68-50(51(72)44-42-40-38-36-34-16-14-12-10-8-6-4-2)49-81-65-61(79)58(76)63(53(47-70)83-65)86-67-62(80)59(77)64(54(48-71)84-67)85-66-60(78)57(75)56(74)52(46-69)82-66/h10,12,19-20,34,36,42,44,50-54,56-67,69-72,74-80H,3-9,11,13-18,21-33,35,37-41,43,45-49H2,1-2H3,(H,68,73)/b12-10+,20-19-,36-34+,44-42+. The van der Waals surface area contributed by atoms with Gasteiger partial charge in [0.15, 0.2) is 18.9 Å². The fourth-order valence-electron chi connectivity index (χ4n) is 11.3. The monoisotopic (exact) mass is 1230 g/mol. The van der Waals surface area contributed by atoms with Crippen LogP contribution in [-0.4, -0.2) is 193 Å². The van der Waals surface area contributed by atoms with Crippen molar-refractivity contribution < 1.29 is 89.4 Å². The molecule has 1 amide bonds. The normalized spacial score (nSPS) is 29.1. The fraction of sp³-hybridized carbons (Fsp3) is 0.866. The maximum Gasteiger partial charge on any atom is 0.220 e. The lowest BCUT2D eigenvalue weighted by Gasteiger charge is -2.48. The van der Waals surface area contributed by atoms with Crippen molar-refractivity contribution >= 4 is 5.91 Å². The number of amides is 1. The van der Waals surface area contributed by atoms with Gasteiger partial charge in [0.25, 0.3) is 0 Å². The van der Waals surface area contributed by atoms with Crippen LogP contribution in [0.25, 0.3) is 0 Å². The Labute approximate surface area is 516 Å². The first-order valence-corrected chi connectivity index (χ1v) is 33.9. The molecule has 3 heterocycles. The Balaban J connectivity index is 1.39. The van der Waals surface area contributed by atoms with E-state index in [1.54, 1.807) is 6.08 Å². The third kappa shape index (κ3) is 31.7. The Kier molecular flexibility index (Phi) is 44.8. The summed E-state index contributed by atoms with van der Waals surface area (Å²) < 4.78 is 34.2. The Morgan fingerprint density at radius 3 is 1.20 bits per heavy atom. The van der Waals surface area contributed by atoms with Gasteiger partial charge in [-0.2, -0.15) is 0 Å². The van der Waals surface area contributed by atoms with E-state index in [-0.39, 0.29) is 18.9 Å². The molecule has 17 atom stereocenters. The van der Waals surface area contributed by atoms with Crippen LogP contribution in [-0.2, 0) is 33.2 Å². The molecule has 3 fully saturated rings. The second kappa shape index (κ2) is 49.5. The van der Waals surface area contributed by atoms with E-state index in [0.717, 1.165) is 44.9 Å². The van der Waals surface area contributed by atoms with Crippen LogP contribution in [0.1, 0.15) is 239 Å². The number of ether oxygens (including phenoxy) is 6. The number of unbranched alkanes of at least 4 members (excludes halogenated alkanes) is 29. The highest BCUT2D eigenvalue weighted by Gasteiger charge is 2.53. The van der Waals surface area contributed by atoms with Crippen LogP contribution in [0.15, 0.2) is 48.6 Å². The molecule has 3 saturated heterocycles. The Morgan fingerprint density at radius 1 is 0.407 bits per heavy atom. The van der Waals surface area contributed by atoms with Crippen LogP contribution >= 0.6 is 0 Å². The lowest BCUT2D eigenvalue weighted by molar-refractivity contribution is -0.379. The second-order valence-electron chi connectivity index (χ2n) is 24.3. The summed E-state index contributed by atoms with van der Waals surface area (Å²) in [5, 5.41) is 120. The highest BCUT2D eigenvalue weighted by atomic mass is 16.8. The molecule has 17 unspecified atom stereocenters. The number of rotatable bonds is 51. The van der Waals surface area contributed by atoms with Gasteiger partial charge in [-0.25, -0.2) is 0 Å². The predicted octanol–water partition coefficient (Wildman–Crippen LogP) is 8.22. The van der Waals surface area contributed by atoms with Crippen molar-refractivity contribution in [3.8, 4) is 0 Å². The van der Waals surface area contributed by atoms with E-state index in [9.17, 15) is 61.0 Å². The number of aliphatic hydroxyl groups is 11. The molecule has 0 bridgehead atoms. The summed E-state index contributed by atoms with van der Waals surface area (Å²) in [6.07, 6.45) is 31.2. The number of carbonyl (C=O) groups excluding carboxylic acids is 1. The lowest BCUT2D eigenvalue weighted by Crippen LogP contribution is -2.66. The van der Waals surface area contributed by atoms with Crippen LogP contribution < -0.4 is 5.32 Å². The molecule has 0 saturated carbocycles. The number of nitrogens with one attached hydrogen (secondary N) is 1. The molecule has 0 aromatic heterocycles. The zero-order chi connectivity index (χ0) is 62.6. The second-order valence-corrected chi connectivity index (χ2v) is 24.3. The van der Waals surface area contributed by atoms with Crippen molar-refractivity contribution in [1.82, 2.24) is 5.32 Å². The lowest BCUT2D eigenvalue weighted by atomic mass is 9.96. The molecule has 3 aliphatic rings. The first-order valence-electron chi connectivity index (χ1n) is 33.9. The van der Waals surface area contributed by atoms with Crippen LogP contribution in [0.4, 0.5) is 0 Å². The summed E-state index contributed by atoms with van der Waals surface area (Å²) in [6.45, 7) is 1.65. The van der Waals surface area contributed by atoms with Crippen LogP contribution in [0, 0.1) is 0 Å². The molecule has 502 valence electrons. The van der Waals surface area contributed by atoms with Gasteiger partial charge in [0.2, 0.25) is 5.91 Å². The third-order valence-electron chi connectivity index (χ3n) is 16.8. The minimum Gasteiger partial charge on any atom is -0.394 e. The molecule has 19 heteroatoms. The molecule has 3 aliphatic heterocycles. The smallest absolute Gasteiger partial charge is 0.220 e. The van der Waals surface area contributed by atoms with Gasteiger partial charge in [0.05, 0.1) is 38.6 Å². The van der Waals surface area contributed by atoms with Crippen molar-refractivity contribution in [2.24, 2.45) is 0 Å². The molecule has 0 spiro atoms. The summed E-state index contributed by atoms with van der Waals surface area (Å²) >= 11 is 0. The van der Waals surface area contributed by atoms with Crippen LogP contribution in [0.5, 0.6) is 0 Å². The summed E-state index contributed by atoms with van der Waals surface area (Å²) in [5.74, 6) is -0.289. The highest BCUT2D eigenvalue weighted by Crippen LogP contribution is 2.33. The topological polar surface area (TPSA) is 307 Å². The molecular weight excluding hydrogens is 1110 g/mol. The zero-order valence-corrected chi connectivity index (χ0v) is 52.8. The quantitative estimate of drug-likeness (QED) is 0.0202. The van der Waals surface area contributed by atoms with Gasteiger partial charge in [-0.1, -0.05) is 217 Å². The molecule has 0 aromatic rings. The molecule has 0 aromatic carbocycles. The van der Waals surface area contributed by atoms with Crippen LogP contribution in [0.2, 0.25) is 0 Å². The predicted molar refractivity (Wildman–Crippen MR) is 332 cm³/mol. The van der Waals surface area contributed by atoms with Gasteiger partial charge in [0.1, 0.15) is 73.2 Å². The third-order valence-corrected chi connectivity index (χ3v) is 16.8. The maximum atomic E-state index is 13.4. The molecule has 19 nitrogen and oxygen atoms in total. The van der Waals surface area contributed by atoms with E-state index in [0.29, 0.717) is 12.8 Å². The van der Waals surface area contributed by atoms with E-state index in [1.165, 1.54) is 161 Å². The molecule has 12 N–H and O–H groups in total. The number of aliphatic hydroxyl groups excluding tert-OH is 11. The Morgan fingerprint density at radius 2 is 0.756 bits per heavy atom. The zero-order valence-electron chi connectivity index (χ0n) is 52.8. The first kappa shape index (κ1) is 78.0. The van der Waals surface area contributed by atoms with Gasteiger partial charge in [-0.05, 0) is 64.2 Å². The molecule has 0 radical (unpaired) electrons. The van der Waals surface area contributed by atoms with E-state index in [1.807, 2.05) is 6.08 Å². The van der Waals surface area contributed by atoms with E-state index < -0.39 is 124 Å². The summed E-state index contributed by atoms with van der Waals surface area (Å²) in [5.41, 5.74) is 0. The fourth-order valence-corrected chi connectivity index (χ4v) is 11.3. The average molecular weight is 1230 g/mol.